The van der Waals surface area contributed by atoms with Gasteiger partial charge in [-0.05, 0) is 37.7 Å². The van der Waals surface area contributed by atoms with Crippen LogP contribution in [0.15, 0.2) is 18.2 Å². The number of amides is 1. The summed E-state index contributed by atoms with van der Waals surface area (Å²) in [7, 11) is 3.34. The Kier molecular flexibility index (Phi) is 10.3. The number of carboxylic acids is 1. The van der Waals surface area contributed by atoms with Gasteiger partial charge in [0.25, 0.3) is 0 Å². The molecule has 1 amide bonds. The summed E-state index contributed by atoms with van der Waals surface area (Å²) in [5.74, 6) is -0.827. The number of hydrogen-bond donors (Lipinski definition) is 5. The van der Waals surface area contributed by atoms with Crippen molar-refractivity contribution in [3.8, 4) is 5.75 Å². The van der Waals surface area contributed by atoms with Crippen molar-refractivity contribution in [1.82, 2.24) is 16.2 Å². The molecule has 0 bridgehead atoms. The van der Waals surface area contributed by atoms with Crippen LogP contribution in [0.1, 0.15) is 36.8 Å². The number of aliphatic carboxylic acids is 1. The average Bonchev–Trinajstić information content (AvgIpc) is 2.74. The Morgan fingerprint density at radius 2 is 2.00 bits per heavy atom. The maximum Gasteiger partial charge on any atom is 0.421 e. The van der Waals surface area contributed by atoms with Gasteiger partial charge in [0.05, 0.1) is 6.10 Å². The monoisotopic (exact) mass is 453 g/mol. The molecule has 1 aliphatic rings. The number of hydrazine groups is 1. The van der Waals surface area contributed by atoms with Crippen molar-refractivity contribution in [2.75, 3.05) is 20.6 Å². The summed E-state index contributed by atoms with van der Waals surface area (Å²) < 4.78 is 16.4. The first-order chi connectivity index (χ1) is 15.3. The molecule has 11 nitrogen and oxygen atoms in total. The summed E-state index contributed by atoms with van der Waals surface area (Å²) in [6.45, 7) is 0.697. The summed E-state index contributed by atoms with van der Waals surface area (Å²) >= 11 is 0. The molecule has 1 aromatic rings. The molecule has 0 spiro atoms. The van der Waals surface area contributed by atoms with Crippen LogP contribution in [0, 0.1) is 0 Å². The number of carbonyl (C=O) groups excluding carboxylic acids is 2. The molecule has 11 heteroatoms. The fraction of sp³-hybridized carbons (Fsp3) is 0.571. The second-order valence-corrected chi connectivity index (χ2v) is 7.45. The highest BCUT2D eigenvalue weighted by Crippen LogP contribution is 2.28. The van der Waals surface area contributed by atoms with Gasteiger partial charge in [-0.25, -0.2) is 15.0 Å². The van der Waals surface area contributed by atoms with E-state index in [1.807, 2.05) is 7.05 Å². The molecule has 0 radical (unpaired) electrons. The third-order valence-corrected chi connectivity index (χ3v) is 4.79. The highest BCUT2D eigenvalue weighted by atomic mass is 16.7. The smallest absolute Gasteiger partial charge is 0.421 e. The number of rotatable bonds is 12. The molecule has 1 heterocycles. The minimum Gasteiger partial charge on any atom is -0.479 e. The predicted octanol–water partition coefficient (Wildman–Crippen LogP) is 0.488. The number of Topliss-reactive ketones (excluding diaryl/α,β-unsaturated/α-hetero) is 1. The maximum absolute atomic E-state index is 12.5. The van der Waals surface area contributed by atoms with Gasteiger partial charge in [0.2, 0.25) is 6.29 Å². The van der Waals surface area contributed by atoms with E-state index in [4.69, 9.17) is 14.2 Å². The molecule has 1 fully saturated rings. The first-order valence-electron chi connectivity index (χ1n) is 10.4. The van der Waals surface area contributed by atoms with Crippen molar-refractivity contribution in [2.45, 2.75) is 57.2 Å². The molecular weight excluding hydrogens is 422 g/mol. The lowest BCUT2D eigenvalue weighted by Crippen LogP contribution is -2.42. The van der Waals surface area contributed by atoms with E-state index in [-0.39, 0.29) is 31.7 Å². The zero-order valence-electron chi connectivity index (χ0n) is 18.3. The highest BCUT2D eigenvalue weighted by molar-refractivity contribution is 5.81. The molecule has 0 aliphatic carbocycles. The number of carbonyl (C=O) groups is 3. The van der Waals surface area contributed by atoms with Gasteiger partial charge in [-0.2, -0.15) is 0 Å². The van der Waals surface area contributed by atoms with E-state index in [0.29, 0.717) is 36.3 Å². The third kappa shape index (κ3) is 8.42. The van der Waals surface area contributed by atoms with Crippen LogP contribution in [0.4, 0.5) is 4.79 Å². The molecule has 0 aromatic heterocycles. The number of aliphatic hydroxyl groups excluding tert-OH is 1. The summed E-state index contributed by atoms with van der Waals surface area (Å²) in [5.41, 5.74) is 5.96. The molecule has 32 heavy (non-hydrogen) atoms. The summed E-state index contributed by atoms with van der Waals surface area (Å²) in [6, 6.07) is 4.99. The van der Waals surface area contributed by atoms with Crippen LogP contribution in [-0.2, 0) is 32.1 Å². The minimum absolute atomic E-state index is 0.00380. The van der Waals surface area contributed by atoms with Crippen molar-refractivity contribution in [3.63, 3.8) is 0 Å². The molecule has 1 aromatic carbocycles. The Hall–Kier alpha value is -2.73. The number of ketones is 1. The molecule has 3 atom stereocenters. The summed E-state index contributed by atoms with van der Waals surface area (Å²) in [5, 5.41) is 22.2. The van der Waals surface area contributed by atoms with Crippen molar-refractivity contribution in [3.05, 3.63) is 29.3 Å². The number of nitrogens with one attached hydrogen (secondary N) is 3. The summed E-state index contributed by atoms with van der Waals surface area (Å²) in [4.78, 5) is 35.2. The van der Waals surface area contributed by atoms with Crippen molar-refractivity contribution in [2.24, 2.45) is 0 Å². The molecule has 0 saturated carbocycles. The Labute approximate surface area is 186 Å². The van der Waals surface area contributed by atoms with E-state index in [9.17, 15) is 24.6 Å². The normalized spacial score (nSPS) is 20.4. The van der Waals surface area contributed by atoms with Crippen LogP contribution < -0.4 is 20.9 Å². The fourth-order valence-electron chi connectivity index (χ4n) is 3.26. The van der Waals surface area contributed by atoms with Crippen molar-refractivity contribution >= 4 is 17.8 Å². The number of hydrogen-bond acceptors (Lipinski definition) is 9. The largest absolute Gasteiger partial charge is 0.479 e. The first-order valence-corrected chi connectivity index (χ1v) is 10.4. The second kappa shape index (κ2) is 13.0. The standard InChI is InChI=1S/C21H31N3O8/c1-22-7-3-4-15(25)9-14-8-13(12-30-21(29)24-23-2)5-6-17(14)31-19-11-16(26)10-18(32-19)20(27)28/h5-6,8,16,18-19,22-23,26H,3-4,7,9-12H2,1-2H3,(H,24,29)(H,27,28)/t16?,18-,19+/m1/s1. The van der Waals surface area contributed by atoms with Crippen molar-refractivity contribution in [1.29, 1.82) is 0 Å². The van der Waals surface area contributed by atoms with Crippen LogP contribution >= 0.6 is 0 Å². The van der Waals surface area contributed by atoms with E-state index in [1.54, 1.807) is 18.2 Å². The van der Waals surface area contributed by atoms with Gasteiger partial charge < -0.3 is 29.7 Å². The number of carboxylic acid groups (broad SMARTS) is 1. The predicted molar refractivity (Wildman–Crippen MR) is 113 cm³/mol. The number of ether oxygens (including phenoxy) is 3. The van der Waals surface area contributed by atoms with E-state index in [1.165, 1.54) is 7.05 Å². The molecular formula is C21H31N3O8. The Morgan fingerprint density at radius 3 is 2.69 bits per heavy atom. The molecule has 178 valence electrons. The van der Waals surface area contributed by atoms with Crippen LogP contribution in [0.25, 0.3) is 0 Å². The molecule has 1 aliphatic heterocycles. The quantitative estimate of drug-likeness (QED) is 0.223. The molecule has 2 rings (SSSR count). The maximum atomic E-state index is 12.5. The third-order valence-electron chi connectivity index (χ3n) is 4.79. The van der Waals surface area contributed by atoms with E-state index in [2.05, 4.69) is 16.2 Å². The lowest BCUT2D eigenvalue weighted by molar-refractivity contribution is -0.195. The van der Waals surface area contributed by atoms with Crippen LogP contribution in [0.2, 0.25) is 0 Å². The molecule has 1 unspecified atom stereocenters. The Morgan fingerprint density at radius 1 is 1.22 bits per heavy atom. The van der Waals surface area contributed by atoms with E-state index < -0.39 is 30.6 Å². The van der Waals surface area contributed by atoms with Crippen LogP contribution in [-0.4, -0.2) is 67.2 Å². The van der Waals surface area contributed by atoms with Gasteiger partial charge in [-0.15, -0.1) is 0 Å². The molecule has 5 N–H and O–H groups in total. The highest BCUT2D eigenvalue weighted by Gasteiger charge is 2.34. The van der Waals surface area contributed by atoms with Gasteiger partial charge in [-0.1, -0.05) is 6.07 Å². The zero-order chi connectivity index (χ0) is 23.5. The summed E-state index contributed by atoms with van der Waals surface area (Å²) in [6.07, 6.45) is -2.42. The lowest BCUT2D eigenvalue weighted by atomic mass is 10.0. The van der Waals surface area contributed by atoms with Crippen molar-refractivity contribution < 1.29 is 38.8 Å². The second-order valence-electron chi connectivity index (χ2n) is 7.45. The SMILES string of the molecule is CNCCCC(=O)Cc1cc(COC(=O)NNC)ccc1O[C@@H]1CC(O)C[C@H](C(=O)O)O1. The average molecular weight is 453 g/mol. The van der Waals surface area contributed by atoms with Gasteiger partial charge >= 0.3 is 12.1 Å². The fourth-order valence-corrected chi connectivity index (χ4v) is 3.26. The zero-order valence-corrected chi connectivity index (χ0v) is 18.3. The topological polar surface area (TPSA) is 155 Å². The van der Waals surface area contributed by atoms with Crippen LogP contribution in [0.3, 0.4) is 0 Å². The lowest BCUT2D eigenvalue weighted by Gasteiger charge is -2.31. The minimum atomic E-state index is -1.18. The van der Waals surface area contributed by atoms with Gasteiger partial charge in [0.15, 0.2) is 6.10 Å². The Bertz CT molecular complexity index is 788. The number of benzene rings is 1. The van der Waals surface area contributed by atoms with Crippen LogP contribution in [0.5, 0.6) is 5.75 Å². The Balaban J connectivity index is 2.14. The van der Waals surface area contributed by atoms with Gasteiger partial charge in [0, 0.05) is 38.3 Å². The molecule has 1 saturated heterocycles. The van der Waals surface area contributed by atoms with E-state index in [0.717, 1.165) is 0 Å². The van der Waals surface area contributed by atoms with E-state index >= 15 is 0 Å². The first kappa shape index (κ1) is 25.5. The number of aliphatic hydroxyl groups is 1. The van der Waals surface area contributed by atoms with Gasteiger partial charge in [-0.3, -0.25) is 10.2 Å². The van der Waals surface area contributed by atoms with Gasteiger partial charge in [0.1, 0.15) is 18.1 Å².